The summed E-state index contributed by atoms with van der Waals surface area (Å²) in [5.74, 6) is 2.23. The molecule has 2 bridgehead atoms. The molecule has 6 rings (SSSR count). The van der Waals surface area contributed by atoms with Crippen LogP contribution in [0, 0.1) is 19.8 Å². The standard InChI is InChI=1S/C26H30N8O2/c1-4-22-27-28-23-9-10-24(30-34(22)23)33-17(3)20(16(2)29-33)8-11-25(35)31-13-18-12-19(15-31)21-6-5-7-26(36)32(21)14-18/h5-7,9-10,18-19H,4,8,11-15H2,1-3H3/t18-,19+/m1/s1. The number of hydrogen-bond donors (Lipinski definition) is 0. The zero-order valence-electron chi connectivity index (χ0n) is 20.9. The largest absolute Gasteiger partial charge is 0.342 e. The highest BCUT2D eigenvalue weighted by molar-refractivity contribution is 5.76. The predicted octanol–water partition coefficient (Wildman–Crippen LogP) is 2.23. The Morgan fingerprint density at radius 3 is 2.75 bits per heavy atom. The maximum absolute atomic E-state index is 13.3. The number of aromatic nitrogens is 7. The summed E-state index contributed by atoms with van der Waals surface area (Å²) in [7, 11) is 0. The molecule has 10 heteroatoms. The van der Waals surface area contributed by atoms with Crippen LogP contribution in [0.25, 0.3) is 11.5 Å². The van der Waals surface area contributed by atoms with E-state index in [0.29, 0.717) is 43.3 Å². The number of nitrogens with zero attached hydrogens (tertiary/aromatic N) is 8. The Morgan fingerprint density at radius 2 is 1.92 bits per heavy atom. The van der Waals surface area contributed by atoms with E-state index in [1.54, 1.807) is 10.6 Å². The molecule has 2 atom stereocenters. The second-order valence-electron chi connectivity index (χ2n) is 9.99. The van der Waals surface area contributed by atoms with Crippen LogP contribution < -0.4 is 5.56 Å². The zero-order chi connectivity index (χ0) is 25.0. The number of likely N-dealkylation sites (tertiary alicyclic amines) is 1. The summed E-state index contributed by atoms with van der Waals surface area (Å²) in [5.41, 5.74) is 4.81. The molecule has 0 unspecified atom stereocenters. The van der Waals surface area contributed by atoms with Crippen LogP contribution >= 0.6 is 0 Å². The number of rotatable bonds is 5. The lowest BCUT2D eigenvalue weighted by Crippen LogP contribution is -2.49. The molecule has 2 aliphatic rings. The van der Waals surface area contributed by atoms with Gasteiger partial charge in [-0.05, 0) is 56.4 Å². The highest BCUT2D eigenvalue weighted by Gasteiger charge is 2.36. The van der Waals surface area contributed by atoms with E-state index in [9.17, 15) is 9.59 Å². The smallest absolute Gasteiger partial charge is 0.250 e. The number of pyridine rings is 1. The summed E-state index contributed by atoms with van der Waals surface area (Å²) in [6, 6.07) is 9.28. The van der Waals surface area contributed by atoms with Crippen molar-refractivity contribution in [1.82, 2.24) is 39.1 Å². The van der Waals surface area contributed by atoms with Crippen molar-refractivity contribution in [2.24, 2.45) is 5.92 Å². The van der Waals surface area contributed by atoms with E-state index in [-0.39, 0.29) is 17.4 Å². The van der Waals surface area contributed by atoms with E-state index < -0.39 is 0 Å². The van der Waals surface area contributed by atoms with Crippen LogP contribution in [0.5, 0.6) is 0 Å². The molecule has 0 N–H and O–H groups in total. The lowest BCUT2D eigenvalue weighted by atomic mass is 9.83. The topological polar surface area (TPSA) is 103 Å². The molecule has 4 aromatic rings. The minimum absolute atomic E-state index is 0.0637. The first-order chi connectivity index (χ1) is 17.4. The van der Waals surface area contributed by atoms with Crippen molar-refractivity contribution in [2.45, 2.75) is 58.9 Å². The zero-order valence-corrected chi connectivity index (χ0v) is 20.9. The first-order valence-corrected chi connectivity index (χ1v) is 12.7. The molecule has 2 aliphatic heterocycles. The van der Waals surface area contributed by atoms with Crippen LogP contribution in [-0.4, -0.2) is 58.1 Å². The Hall–Kier alpha value is -3.82. The average molecular weight is 487 g/mol. The molecule has 36 heavy (non-hydrogen) atoms. The molecule has 0 aliphatic carbocycles. The average Bonchev–Trinajstić information content (AvgIpc) is 3.42. The van der Waals surface area contributed by atoms with Gasteiger partial charge in [0.1, 0.15) is 0 Å². The summed E-state index contributed by atoms with van der Waals surface area (Å²) >= 11 is 0. The van der Waals surface area contributed by atoms with Crippen molar-refractivity contribution in [3.63, 3.8) is 0 Å². The number of amides is 1. The van der Waals surface area contributed by atoms with Gasteiger partial charge in [0.05, 0.1) is 5.69 Å². The number of piperidine rings is 1. The second-order valence-corrected chi connectivity index (χ2v) is 9.99. The third-order valence-corrected chi connectivity index (χ3v) is 7.71. The number of carbonyl (C=O) groups is 1. The summed E-state index contributed by atoms with van der Waals surface area (Å²) < 4.78 is 5.50. The molecular weight excluding hydrogens is 456 g/mol. The molecule has 0 radical (unpaired) electrons. The predicted molar refractivity (Wildman–Crippen MR) is 133 cm³/mol. The van der Waals surface area contributed by atoms with E-state index >= 15 is 0 Å². The third kappa shape index (κ3) is 3.71. The van der Waals surface area contributed by atoms with Gasteiger partial charge in [-0.1, -0.05) is 13.0 Å². The van der Waals surface area contributed by atoms with Crippen molar-refractivity contribution < 1.29 is 4.79 Å². The number of carbonyl (C=O) groups excluding carboxylic acids is 1. The first-order valence-electron chi connectivity index (χ1n) is 12.7. The van der Waals surface area contributed by atoms with Crippen LogP contribution in [0.4, 0.5) is 0 Å². The quantitative estimate of drug-likeness (QED) is 0.429. The number of hydrogen-bond acceptors (Lipinski definition) is 6. The van der Waals surface area contributed by atoms with Gasteiger partial charge in [-0.25, -0.2) is 4.68 Å². The van der Waals surface area contributed by atoms with Crippen LogP contribution in [0.15, 0.2) is 35.1 Å². The van der Waals surface area contributed by atoms with Gasteiger partial charge in [0, 0.05) is 55.8 Å². The Morgan fingerprint density at radius 1 is 1.06 bits per heavy atom. The van der Waals surface area contributed by atoms with E-state index in [2.05, 4.69) is 10.2 Å². The third-order valence-electron chi connectivity index (χ3n) is 7.71. The van der Waals surface area contributed by atoms with Crippen LogP contribution in [0.3, 0.4) is 0 Å². The fraction of sp³-hybridized carbons (Fsp3) is 0.462. The summed E-state index contributed by atoms with van der Waals surface area (Å²) in [6.07, 6.45) is 2.85. The molecule has 1 fully saturated rings. The number of fused-ring (bicyclic) bond motifs is 5. The summed E-state index contributed by atoms with van der Waals surface area (Å²) in [6.45, 7) is 8.13. The molecule has 6 heterocycles. The van der Waals surface area contributed by atoms with Gasteiger partial charge in [-0.15, -0.1) is 15.3 Å². The molecule has 0 aromatic carbocycles. The summed E-state index contributed by atoms with van der Waals surface area (Å²) in [5, 5.41) is 17.8. The van der Waals surface area contributed by atoms with Gasteiger partial charge >= 0.3 is 0 Å². The molecule has 186 valence electrons. The van der Waals surface area contributed by atoms with E-state index in [4.69, 9.17) is 10.2 Å². The van der Waals surface area contributed by atoms with Crippen LogP contribution in [0.1, 0.15) is 54.2 Å². The van der Waals surface area contributed by atoms with E-state index in [1.807, 2.05) is 59.2 Å². The van der Waals surface area contributed by atoms with E-state index in [1.165, 1.54) is 0 Å². The Labute approximate surface area is 208 Å². The van der Waals surface area contributed by atoms with Crippen molar-refractivity contribution in [3.05, 3.63) is 69.2 Å². The lowest BCUT2D eigenvalue weighted by molar-refractivity contribution is -0.133. The van der Waals surface area contributed by atoms with Crippen molar-refractivity contribution in [3.8, 4) is 5.82 Å². The molecule has 1 saturated heterocycles. The fourth-order valence-corrected chi connectivity index (χ4v) is 5.91. The second kappa shape index (κ2) is 8.69. The van der Waals surface area contributed by atoms with Gasteiger partial charge in [-0.2, -0.15) is 9.61 Å². The minimum Gasteiger partial charge on any atom is -0.342 e. The first kappa shape index (κ1) is 22.6. The lowest BCUT2D eigenvalue weighted by Gasteiger charge is -2.42. The van der Waals surface area contributed by atoms with Gasteiger partial charge in [0.15, 0.2) is 17.3 Å². The molecule has 10 nitrogen and oxygen atoms in total. The van der Waals surface area contributed by atoms with Crippen molar-refractivity contribution in [1.29, 1.82) is 0 Å². The maximum Gasteiger partial charge on any atom is 0.250 e. The monoisotopic (exact) mass is 486 g/mol. The Kier molecular flexibility index (Phi) is 5.46. The van der Waals surface area contributed by atoms with Crippen molar-refractivity contribution in [2.75, 3.05) is 13.1 Å². The van der Waals surface area contributed by atoms with Crippen molar-refractivity contribution >= 4 is 11.6 Å². The molecule has 0 spiro atoms. The van der Waals surface area contributed by atoms with E-state index in [0.717, 1.165) is 47.9 Å². The summed E-state index contributed by atoms with van der Waals surface area (Å²) in [4.78, 5) is 27.6. The SMILES string of the molecule is CCc1nnc2ccc(-n3nc(C)c(CCC(=O)N4C[C@H]5C[C@@H](C4)c4cccc(=O)n4C5)c3C)nn12. The highest BCUT2D eigenvalue weighted by Crippen LogP contribution is 2.35. The van der Waals surface area contributed by atoms with Gasteiger partial charge in [-0.3, -0.25) is 9.59 Å². The molecule has 1 amide bonds. The minimum atomic E-state index is 0.0637. The van der Waals surface area contributed by atoms with Gasteiger partial charge in [0.25, 0.3) is 5.56 Å². The number of aryl methyl sites for hydroxylation is 2. The van der Waals surface area contributed by atoms with Crippen LogP contribution in [-0.2, 0) is 24.2 Å². The Balaban J connectivity index is 1.18. The maximum atomic E-state index is 13.3. The van der Waals surface area contributed by atoms with Gasteiger partial charge < -0.3 is 9.47 Å². The highest BCUT2D eigenvalue weighted by atomic mass is 16.2. The molecule has 4 aromatic heterocycles. The van der Waals surface area contributed by atoms with Crippen LogP contribution in [0.2, 0.25) is 0 Å². The van der Waals surface area contributed by atoms with Gasteiger partial charge in [0.2, 0.25) is 5.91 Å². The molecular formula is C26H30N8O2. The fourth-order valence-electron chi connectivity index (χ4n) is 5.91. The Bertz CT molecular complexity index is 1530. The molecule has 0 saturated carbocycles. The normalized spacial score (nSPS) is 19.0.